The number of halogens is 1. The number of rotatable bonds is 2. The zero-order valence-electron chi connectivity index (χ0n) is 13.9. The van der Waals surface area contributed by atoms with Gasteiger partial charge in [0.25, 0.3) is 5.56 Å². The van der Waals surface area contributed by atoms with Gasteiger partial charge < -0.3 is 4.42 Å². The molecule has 0 aliphatic rings. The molecule has 0 N–H and O–H groups in total. The van der Waals surface area contributed by atoms with E-state index in [2.05, 4.69) is 0 Å². The highest BCUT2D eigenvalue weighted by atomic mass is 32.1. The lowest BCUT2D eigenvalue weighted by molar-refractivity contribution is 0.525. The van der Waals surface area contributed by atoms with E-state index in [4.69, 9.17) is 4.42 Å². The predicted molar refractivity (Wildman–Crippen MR) is 95.5 cm³/mol. The van der Waals surface area contributed by atoms with Crippen molar-refractivity contribution in [3.05, 3.63) is 72.8 Å². The molecular weight excluding hydrogens is 353 g/mol. The van der Waals surface area contributed by atoms with Gasteiger partial charge in [-0.2, -0.15) is 10.5 Å². The van der Waals surface area contributed by atoms with Crippen molar-refractivity contribution < 1.29 is 8.81 Å². The molecule has 0 saturated heterocycles. The SMILES string of the molecule is Cc1ccc(/C=c2\sc(=C(C#N)C#N)n(-c3ccc(C)c(F)c3)c2=O)o1. The van der Waals surface area contributed by atoms with Crippen LogP contribution in [0.4, 0.5) is 4.39 Å². The molecule has 0 amide bonds. The summed E-state index contributed by atoms with van der Waals surface area (Å²) in [5.41, 5.74) is 0.0116. The third-order valence-electron chi connectivity index (χ3n) is 3.71. The molecule has 2 aromatic heterocycles. The van der Waals surface area contributed by atoms with Crippen LogP contribution in [0.2, 0.25) is 0 Å². The van der Waals surface area contributed by atoms with Gasteiger partial charge >= 0.3 is 0 Å². The molecule has 5 nitrogen and oxygen atoms in total. The van der Waals surface area contributed by atoms with Gasteiger partial charge in [0.15, 0.2) is 5.57 Å². The van der Waals surface area contributed by atoms with Gasteiger partial charge in [0.1, 0.15) is 34.1 Å². The Hall–Kier alpha value is -3.42. The Morgan fingerprint density at radius 1 is 1.23 bits per heavy atom. The highest BCUT2D eigenvalue weighted by Gasteiger charge is 2.13. The molecule has 0 aliphatic heterocycles. The van der Waals surface area contributed by atoms with Crippen LogP contribution in [0.3, 0.4) is 0 Å². The van der Waals surface area contributed by atoms with Crippen LogP contribution < -0.4 is 14.8 Å². The molecule has 128 valence electrons. The summed E-state index contributed by atoms with van der Waals surface area (Å²) in [7, 11) is 0. The fourth-order valence-electron chi connectivity index (χ4n) is 2.39. The summed E-state index contributed by atoms with van der Waals surface area (Å²) in [6.07, 6.45) is 1.54. The first-order chi connectivity index (χ1) is 12.4. The molecule has 7 heteroatoms. The van der Waals surface area contributed by atoms with Crippen LogP contribution in [0.15, 0.2) is 39.5 Å². The summed E-state index contributed by atoms with van der Waals surface area (Å²) in [5.74, 6) is 0.689. The van der Waals surface area contributed by atoms with Crippen molar-refractivity contribution in [3.8, 4) is 17.8 Å². The second kappa shape index (κ2) is 6.83. The van der Waals surface area contributed by atoms with Gasteiger partial charge in [0, 0.05) is 6.08 Å². The number of nitriles is 2. The van der Waals surface area contributed by atoms with Crippen molar-refractivity contribution in [2.45, 2.75) is 13.8 Å². The molecule has 26 heavy (non-hydrogen) atoms. The van der Waals surface area contributed by atoms with Gasteiger partial charge in [-0.15, -0.1) is 11.3 Å². The van der Waals surface area contributed by atoms with E-state index in [9.17, 15) is 19.7 Å². The number of hydrogen-bond donors (Lipinski definition) is 0. The van der Waals surface area contributed by atoms with Crippen molar-refractivity contribution >= 4 is 23.0 Å². The van der Waals surface area contributed by atoms with Gasteiger partial charge in [-0.25, -0.2) is 4.39 Å². The quantitative estimate of drug-likeness (QED) is 0.697. The molecule has 0 radical (unpaired) electrons. The highest BCUT2D eigenvalue weighted by Crippen LogP contribution is 2.11. The molecule has 0 bridgehead atoms. The fourth-order valence-corrected chi connectivity index (χ4v) is 3.42. The van der Waals surface area contributed by atoms with Crippen LogP contribution in [0.1, 0.15) is 17.1 Å². The summed E-state index contributed by atoms with van der Waals surface area (Å²) in [6.45, 7) is 3.39. The van der Waals surface area contributed by atoms with Crippen LogP contribution in [0.5, 0.6) is 0 Å². The fraction of sp³-hybridized carbons (Fsp3) is 0.105. The maximum Gasteiger partial charge on any atom is 0.273 e. The van der Waals surface area contributed by atoms with Gasteiger partial charge in [-0.3, -0.25) is 9.36 Å². The second-order valence-electron chi connectivity index (χ2n) is 5.54. The second-order valence-corrected chi connectivity index (χ2v) is 6.57. The first kappa shape index (κ1) is 17.4. The number of thiazole rings is 1. The van der Waals surface area contributed by atoms with Gasteiger partial charge in [0.05, 0.1) is 10.2 Å². The third-order valence-corrected chi connectivity index (χ3v) is 4.80. The zero-order valence-corrected chi connectivity index (χ0v) is 14.7. The Morgan fingerprint density at radius 3 is 2.54 bits per heavy atom. The summed E-state index contributed by atoms with van der Waals surface area (Å²) < 4.78 is 21.0. The average Bonchev–Trinajstić information content (AvgIpc) is 3.16. The van der Waals surface area contributed by atoms with E-state index in [0.717, 1.165) is 11.3 Å². The number of hydrogen-bond acceptors (Lipinski definition) is 5. The lowest BCUT2D eigenvalue weighted by atomic mass is 10.2. The Labute approximate surface area is 151 Å². The Bertz CT molecular complexity index is 1250. The molecule has 2 heterocycles. The van der Waals surface area contributed by atoms with Crippen molar-refractivity contribution in [2.75, 3.05) is 0 Å². The van der Waals surface area contributed by atoms with Gasteiger partial charge in [-0.05, 0) is 43.7 Å². The van der Waals surface area contributed by atoms with Crippen molar-refractivity contribution in [1.82, 2.24) is 4.57 Å². The summed E-state index contributed by atoms with van der Waals surface area (Å²) in [4.78, 5) is 12.9. The molecule has 0 fully saturated rings. The smallest absolute Gasteiger partial charge is 0.273 e. The largest absolute Gasteiger partial charge is 0.462 e. The van der Waals surface area contributed by atoms with E-state index in [1.54, 1.807) is 44.2 Å². The molecule has 0 saturated carbocycles. The molecule has 0 unspecified atom stereocenters. The Balaban J connectivity index is 2.40. The van der Waals surface area contributed by atoms with Crippen LogP contribution in [-0.2, 0) is 0 Å². The topological polar surface area (TPSA) is 82.7 Å². The molecule has 1 aromatic carbocycles. The molecule has 0 atom stereocenters. The number of aryl methyl sites for hydroxylation is 2. The normalized spacial score (nSPS) is 11.2. The average molecular weight is 365 g/mol. The maximum atomic E-state index is 14.0. The van der Waals surface area contributed by atoms with E-state index >= 15 is 0 Å². The zero-order chi connectivity index (χ0) is 18.8. The Morgan fingerprint density at radius 2 is 1.96 bits per heavy atom. The first-order valence-electron chi connectivity index (χ1n) is 7.55. The first-order valence-corrected chi connectivity index (χ1v) is 8.37. The summed E-state index contributed by atoms with van der Waals surface area (Å²) in [6, 6.07) is 11.4. The predicted octanol–water partition coefficient (Wildman–Crippen LogP) is 2.27. The van der Waals surface area contributed by atoms with Crippen molar-refractivity contribution in [2.24, 2.45) is 0 Å². The lowest BCUT2D eigenvalue weighted by Crippen LogP contribution is -2.30. The Kier molecular flexibility index (Phi) is 4.57. The monoisotopic (exact) mass is 365 g/mol. The number of furan rings is 1. The number of aromatic nitrogens is 1. The molecule has 3 aromatic rings. The minimum Gasteiger partial charge on any atom is -0.462 e. The molecule has 3 rings (SSSR count). The standard InChI is InChI=1S/C19H12FN3O2S/c1-11-3-5-14(7-16(11)20)23-18(24)17(8-15-6-4-12(2)25-15)26-19(23)13(9-21)10-22/h3-8H,1-2H3/b17-8-. The minimum atomic E-state index is -0.478. The van der Waals surface area contributed by atoms with E-state index < -0.39 is 11.4 Å². The highest BCUT2D eigenvalue weighted by molar-refractivity contribution is 7.07. The molecule has 0 spiro atoms. The van der Waals surface area contributed by atoms with Gasteiger partial charge in [0.2, 0.25) is 0 Å². The van der Waals surface area contributed by atoms with E-state index in [1.165, 1.54) is 22.8 Å². The summed E-state index contributed by atoms with van der Waals surface area (Å²) in [5, 5.41) is 18.4. The number of benzene rings is 1. The minimum absolute atomic E-state index is 0.151. The van der Waals surface area contributed by atoms with E-state index in [1.807, 2.05) is 0 Å². The van der Waals surface area contributed by atoms with Crippen LogP contribution >= 0.6 is 11.3 Å². The van der Waals surface area contributed by atoms with E-state index in [0.29, 0.717) is 17.1 Å². The maximum absolute atomic E-state index is 14.0. The van der Waals surface area contributed by atoms with Crippen LogP contribution in [0.25, 0.3) is 17.3 Å². The number of nitrogens with zero attached hydrogens (tertiary/aromatic N) is 3. The van der Waals surface area contributed by atoms with Crippen molar-refractivity contribution in [3.63, 3.8) is 0 Å². The third kappa shape index (κ3) is 3.08. The molecule has 0 aliphatic carbocycles. The lowest BCUT2D eigenvalue weighted by Gasteiger charge is -2.04. The van der Waals surface area contributed by atoms with E-state index in [-0.39, 0.29) is 20.5 Å². The van der Waals surface area contributed by atoms with Crippen LogP contribution in [-0.4, -0.2) is 4.57 Å². The van der Waals surface area contributed by atoms with Crippen LogP contribution in [0, 0.1) is 42.3 Å². The summed E-state index contributed by atoms with van der Waals surface area (Å²) >= 11 is 0.983. The van der Waals surface area contributed by atoms with Crippen molar-refractivity contribution in [1.29, 1.82) is 10.5 Å². The van der Waals surface area contributed by atoms with Gasteiger partial charge in [-0.1, -0.05) is 6.07 Å². The molecular formula is C19H12FN3O2S.